The fourth-order valence-corrected chi connectivity index (χ4v) is 3.74. The van der Waals surface area contributed by atoms with Gasteiger partial charge >= 0.3 is 7.12 Å². The first-order valence-electron chi connectivity index (χ1n) is 8.56. The third-order valence-electron chi connectivity index (χ3n) is 6.12. The Morgan fingerprint density at radius 1 is 1.00 bits per heavy atom. The summed E-state index contributed by atoms with van der Waals surface area (Å²) in [4.78, 5) is 0. The largest absolute Gasteiger partial charge is 0.525 e. The standard InChI is InChI=1S/C17H28BFO3/c1-15(2)16(3,4)22-18(21-15)14(19)13-6-9-17(10-7-13)8-5-11-20-12-17/h5-12H2,1-4H3. The maximum Gasteiger partial charge on any atom is 0.525 e. The molecule has 1 aliphatic carbocycles. The quantitative estimate of drug-likeness (QED) is 0.679. The average molecular weight is 310 g/mol. The molecule has 0 aromatic carbocycles. The normalized spacial score (nSPS) is 34.2. The van der Waals surface area contributed by atoms with Crippen molar-refractivity contribution in [1.82, 2.24) is 0 Å². The van der Waals surface area contributed by atoms with Gasteiger partial charge in [-0.3, -0.25) is 0 Å². The summed E-state index contributed by atoms with van der Waals surface area (Å²) in [5, 5.41) is 0. The molecule has 1 spiro atoms. The second-order valence-corrected chi connectivity index (χ2v) is 8.20. The fraction of sp³-hybridized carbons (Fsp3) is 0.882. The Morgan fingerprint density at radius 3 is 2.09 bits per heavy atom. The van der Waals surface area contributed by atoms with Crippen LogP contribution in [0, 0.1) is 5.41 Å². The van der Waals surface area contributed by atoms with Crippen molar-refractivity contribution in [3.63, 3.8) is 0 Å². The van der Waals surface area contributed by atoms with Gasteiger partial charge in [-0.2, -0.15) is 0 Å². The SMILES string of the molecule is CC1(C)OB(C(F)=C2CCC3(CCCOC3)CC2)OC1(C)C. The maximum absolute atomic E-state index is 14.8. The summed E-state index contributed by atoms with van der Waals surface area (Å²) >= 11 is 0. The highest BCUT2D eigenvalue weighted by molar-refractivity contribution is 6.53. The predicted molar refractivity (Wildman–Crippen MR) is 85.2 cm³/mol. The van der Waals surface area contributed by atoms with Gasteiger partial charge in [0.1, 0.15) is 5.73 Å². The first-order chi connectivity index (χ1) is 10.2. The molecule has 0 radical (unpaired) electrons. The van der Waals surface area contributed by atoms with Gasteiger partial charge in [0.15, 0.2) is 0 Å². The number of hydrogen-bond donors (Lipinski definition) is 0. The molecule has 3 nitrogen and oxygen atoms in total. The van der Waals surface area contributed by atoms with Crippen molar-refractivity contribution < 1.29 is 18.4 Å². The van der Waals surface area contributed by atoms with Crippen LogP contribution in [0.1, 0.15) is 66.2 Å². The summed E-state index contributed by atoms with van der Waals surface area (Å²) < 4.78 is 32.2. The molecule has 0 amide bonds. The van der Waals surface area contributed by atoms with Gasteiger partial charge in [-0.25, -0.2) is 4.39 Å². The van der Waals surface area contributed by atoms with E-state index in [9.17, 15) is 4.39 Å². The van der Waals surface area contributed by atoms with Crippen LogP contribution in [0.3, 0.4) is 0 Å². The zero-order valence-electron chi connectivity index (χ0n) is 14.3. The monoisotopic (exact) mass is 310 g/mol. The highest BCUT2D eigenvalue weighted by Gasteiger charge is 2.53. The molecule has 3 aliphatic rings. The average Bonchev–Trinajstić information content (AvgIpc) is 2.68. The van der Waals surface area contributed by atoms with Crippen molar-refractivity contribution in [3.8, 4) is 0 Å². The van der Waals surface area contributed by atoms with E-state index in [1.807, 2.05) is 27.7 Å². The van der Waals surface area contributed by atoms with Crippen molar-refractivity contribution in [3.05, 3.63) is 11.3 Å². The van der Waals surface area contributed by atoms with Crippen molar-refractivity contribution in [2.24, 2.45) is 5.41 Å². The number of rotatable bonds is 1. The lowest BCUT2D eigenvalue weighted by Gasteiger charge is -2.41. The van der Waals surface area contributed by atoms with E-state index in [1.54, 1.807) is 0 Å². The molecule has 0 atom stereocenters. The molecular formula is C17H28BFO3. The Balaban J connectivity index is 1.68. The van der Waals surface area contributed by atoms with Crippen LogP contribution in [-0.4, -0.2) is 31.5 Å². The highest BCUT2D eigenvalue weighted by Crippen LogP contribution is 2.46. The van der Waals surface area contributed by atoms with E-state index in [4.69, 9.17) is 14.0 Å². The van der Waals surface area contributed by atoms with E-state index >= 15 is 0 Å². The van der Waals surface area contributed by atoms with Crippen LogP contribution in [0.2, 0.25) is 0 Å². The van der Waals surface area contributed by atoms with E-state index in [1.165, 1.54) is 6.42 Å². The lowest BCUT2D eigenvalue weighted by molar-refractivity contribution is -0.0227. The minimum Gasteiger partial charge on any atom is -0.398 e. The molecule has 3 rings (SSSR count). The second kappa shape index (κ2) is 5.61. The van der Waals surface area contributed by atoms with E-state index < -0.39 is 18.3 Å². The van der Waals surface area contributed by atoms with Gasteiger partial charge in [0, 0.05) is 6.61 Å². The molecule has 124 valence electrons. The topological polar surface area (TPSA) is 27.7 Å². The Hall–Kier alpha value is -0.385. The zero-order valence-corrected chi connectivity index (χ0v) is 14.3. The lowest BCUT2D eigenvalue weighted by atomic mass is 9.67. The molecule has 22 heavy (non-hydrogen) atoms. The van der Waals surface area contributed by atoms with Crippen LogP contribution in [0.4, 0.5) is 4.39 Å². The molecule has 2 saturated heterocycles. The molecule has 5 heteroatoms. The molecule has 0 N–H and O–H groups in total. The smallest absolute Gasteiger partial charge is 0.398 e. The molecular weight excluding hydrogens is 282 g/mol. The Bertz CT molecular complexity index is 439. The van der Waals surface area contributed by atoms with Crippen molar-refractivity contribution in [2.45, 2.75) is 77.4 Å². The summed E-state index contributed by atoms with van der Waals surface area (Å²) in [7, 11) is -0.836. The zero-order chi connectivity index (χ0) is 16.0. The Morgan fingerprint density at radius 2 is 1.59 bits per heavy atom. The Labute approximate surface area is 133 Å². The molecule has 0 aromatic heterocycles. The summed E-state index contributed by atoms with van der Waals surface area (Å²) in [5.74, 6) is 0. The summed E-state index contributed by atoms with van der Waals surface area (Å²) in [5.41, 5.74) is 0.0171. The van der Waals surface area contributed by atoms with Gasteiger partial charge in [0.05, 0.1) is 17.8 Å². The fourth-order valence-electron chi connectivity index (χ4n) is 3.74. The van der Waals surface area contributed by atoms with E-state index in [0.717, 1.165) is 50.9 Å². The van der Waals surface area contributed by atoms with E-state index in [0.29, 0.717) is 0 Å². The third-order valence-corrected chi connectivity index (χ3v) is 6.12. The van der Waals surface area contributed by atoms with E-state index in [2.05, 4.69) is 0 Å². The first-order valence-corrected chi connectivity index (χ1v) is 8.56. The van der Waals surface area contributed by atoms with Crippen LogP contribution in [0.15, 0.2) is 11.3 Å². The van der Waals surface area contributed by atoms with Crippen LogP contribution >= 0.6 is 0 Å². The van der Waals surface area contributed by atoms with Gasteiger partial charge in [0.2, 0.25) is 0 Å². The van der Waals surface area contributed by atoms with Gasteiger partial charge in [-0.05, 0) is 77.2 Å². The van der Waals surface area contributed by atoms with Crippen LogP contribution in [-0.2, 0) is 14.0 Å². The molecule has 1 saturated carbocycles. The number of halogens is 1. The van der Waals surface area contributed by atoms with E-state index in [-0.39, 0.29) is 11.1 Å². The van der Waals surface area contributed by atoms with Crippen LogP contribution in [0.5, 0.6) is 0 Å². The predicted octanol–water partition coefficient (Wildman–Crippen LogP) is 4.21. The van der Waals surface area contributed by atoms with Gasteiger partial charge in [0.25, 0.3) is 0 Å². The van der Waals surface area contributed by atoms with Gasteiger partial charge in [-0.15, -0.1) is 0 Å². The third kappa shape index (κ3) is 2.88. The van der Waals surface area contributed by atoms with Gasteiger partial charge in [-0.1, -0.05) is 0 Å². The number of hydrogen-bond acceptors (Lipinski definition) is 3. The minimum atomic E-state index is -0.836. The second-order valence-electron chi connectivity index (χ2n) is 8.20. The summed E-state index contributed by atoms with van der Waals surface area (Å²) in [6, 6.07) is 0. The molecule has 0 aromatic rings. The molecule has 0 unspecified atom stereocenters. The maximum atomic E-state index is 14.8. The molecule has 2 heterocycles. The van der Waals surface area contributed by atoms with Gasteiger partial charge < -0.3 is 14.0 Å². The van der Waals surface area contributed by atoms with Crippen LogP contribution in [0.25, 0.3) is 0 Å². The van der Waals surface area contributed by atoms with Crippen molar-refractivity contribution >= 4 is 7.12 Å². The lowest BCUT2D eigenvalue weighted by Crippen LogP contribution is -2.41. The minimum absolute atomic E-state index is 0.190. The molecule has 3 fully saturated rings. The number of ether oxygens (including phenoxy) is 1. The van der Waals surface area contributed by atoms with Crippen LogP contribution < -0.4 is 0 Å². The van der Waals surface area contributed by atoms with Crippen molar-refractivity contribution in [1.29, 1.82) is 0 Å². The summed E-state index contributed by atoms with van der Waals surface area (Å²) in [6.45, 7) is 9.56. The summed E-state index contributed by atoms with van der Waals surface area (Å²) in [6.07, 6.45) is 6.01. The number of allylic oxidation sites excluding steroid dienone is 1. The highest BCUT2D eigenvalue weighted by atomic mass is 19.1. The Kier molecular flexibility index (Phi) is 4.20. The first kappa shape index (κ1) is 16.5. The van der Waals surface area contributed by atoms with Crippen molar-refractivity contribution in [2.75, 3.05) is 13.2 Å². The molecule has 2 aliphatic heterocycles. The molecule has 0 bridgehead atoms.